The summed E-state index contributed by atoms with van der Waals surface area (Å²) in [5.41, 5.74) is 6.43. The molecule has 0 bridgehead atoms. The lowest BCUT2D eigenvalue weighted by molar-refractivity contribution is 0.142. The number of hydrogen-bond donors (Lipinski definition) is 2. The molecule has 0 aromatic carbocycles. The molecular weight excluding hydrogens is 200 g/mol. The van der Waals surface area contributed by atoms with Crippen molar-refractivity contribution in [2.75, 3.05) is 46.3 Å². The van der Waals surface area contributed by atoms with Gasteiger partial charge in [0, 0.05) is 44.8 Å². The number of hydrogen-bond acceptors (Lipinski definition) is 4. The predicted octanol–water partition coefficient (Wildman–Crippen LogP) is -0.441. The highest BCUT2D eigenvalue weighted by Gasteiger charge is 2.31. The van der Waals surface area contributed by atoms with E-state index < -0.39 is 0 Å². The van der Waals surface area contributed by atoms with Crippen LogP contribution in [0.25, 0.3) is 0 Å². The highest BCUT2D eigenvalue weighted by atomic mass is 15.2. The van der Waals surface area contributed by atoms with Gasteiger partial charge in [-0.1, -0.05) is 0 Å². The van der Waals surface area contributed by atoms with E-state index in [9.17, 15) is 0 Å². The van der Waals surface area contributed by atoms with Crippen LogP contribution in [0.1, 0.15) is 13.3 Å². The van der Waals surface area contributed by atoms with Gasteiger partial charge in [0.05, 0.1) is 0 Å². The molecular formula is C12H26N4. The minimum atomic E-state index is 0.336. The van der Waals surface area contributed by atoms with Crippen LogP contribution in [0.4, 0.5) is 0 Å². The molecule has 3 atom stereocenters. The lowest BCUT2D eigenvalue weighted by atomic mass is 9.93. The van der Waals surface area contributed by atoms with Gasteiger partial charge < -0.3 is 16.0 Å². The first-order valence-electron chi connectivity index (χ1n) is 6.57. The van der Waals surface area contributed by atoms with Gasteiger partial charge in [0.15, 0.2) is 0 Å². The van der Waals surface area contributed by atoms with Crippen molar-refractivity contribution in [2.45, 2.75) is 25.4 Å². The van der Waals surface area contributed by atoms with Gasteiger partial charge in [-0.25, -0.2) is 0 Å². The second-order valence-electron chi connectivity index (χ2n) is 5.41. The van der Waals surface area contributed by atoms with Gasteiger partial charge in [0.1, 0.15) is 0 Å². The third-order valence-corrected chi connectivity index (χ3v) is 4.26. The SMILES string of the molecule is CC(C(N)C1CCN(C)C1)N1CCNCC1. The maximum atomic E-state index is 6.43. The summed E-state index contributed by atoms with van der Waals surface area (Å²) in [7, 11) is 2.20. The average Bonchev–Trinajstić information content (AvgIpc) is 2.75. The Labute approximate surface area is 99.2 Å². The number of nitrogens with one attached hydrogen (secondary N) is 1. The number of piperazine rings is 1. The van der Waals surface area contributed by atoms with Crippen molar-refractivity contribution in [1.82, 2.24) is 15.1 Å². The van der Waals surface area contributed by atoms with Gasteiger partial charge in [0.25, 0.3) is 0 Å². The fraction of sp³-hybridized carbons (Fsp3) is 1.00. The van der Waals surface area contributed by atoms with Crippen LogP contribution in [-0.4, -0.2) is 68.2 Å². The highest BCUT2D eigenvalue weighted by Crippen LogP contribution is 2.21. The Bertz CT molecular complexity index is 206. The third-order valence-electron chi connectivity index (χ3n) is 4.26. The molecule has 2 aliphatic heterocycles. The normalized spacial score (nSPS) is 32.8. The molecule has 0 saturated carbocycles. The third kappa shape index (κ3) is 2.74. The smallest absolute Gasteiger partial charge is 0.0235 e. The molecule has 0 aliphatic carbocycles. The molecule has 0 amide bonds. The quantitative estimate of drug-likeness (QED) is 0.685. The summed E-state index contributed by atoms with van der Waals surface area (Å²) < 4.78 is 0. The van der Waals surface area contributed by atoms with E-state index in [0.29, 0.717) is 18.0 Å². The Hall–Kier alpha value is -0.160. The van der Waals surface area contributed by atoms with Crippen LogP contribution >= 0.6 is 0 Å². The van der Waals surface area contributed by atoms with Gasteiger partial charge in [-0.2, -0.15) is 0 Å². The van der Waals surface area contributed by atoms with E-state index in [1.807, 2.05) is 0 Å². The summed E-state index contributed by atoms with van der Waals surface area (Å²) in [5, 5.41) is 3.39. The van der Waals surface area contributed by atoms with Crippen LogP contribution in [0.5, 0.6) is 0 Å². The summed E-state index contributed by atoms with van der Waals surface area (Å²) in [5.74, 6) is 0.690. The van der Waals surface area contributed by atoms with Crippen LogP contribution in [0, 0.1) is 5.92 Å². The van der Waals surface area contributed by atoms with E-state index in [-0.39, 0.29) is 0 Å². The fourth-order valence-corrected chi connectivity index (χ4v) is 3.01. The van der Waals surface area contributed by atoms with Gasteiger partial charge in [-0.3, -0.25) is 4.90 Å². The summed E-state index contributed by atoms with van der Waals surface area (Å²) in [4.78, 5) is 4.94. The average molecular weight is 226 g/mol. The van der Waals surface area contributed by atoms with E-state index >= 15 is 0 Å². The molecule has 0 aromatic heterocycles. The van der Waals surface area contributed by atoms with Crippen molar-refractivity contribution in [3.05, 3.63) is 0 Å². The molecule has 3 unspecified atom stereocenters. The summed E-state index contributed by atoms with van der Waals surface area (Å²) in [6, 6.07) is 0.863. The second kappa shape index (κ2) is 5.45. The van der Waals surface area contributed by atoms with Crippen LogP contribution in [0.3, 0.4) is 0 Å². The molecule has 16 heavy (non-hydrogen) atoms. The van der Waals surface area contributed by atoms with E-state index in [2.05, 4.69) is 29.1 Å². The minimum absolute atomic E-state index is 0.336. The summed E-state index contributed by atoms with van der Waals surface area (Å²) in [6.07, 6.45) is 1.27. The number of likely N-dealkylation sites (tertiary alicyclic amines) is 1. The summed E-state index contributed by atoms with van der Waals surface area (Å²) >= 11 is 0. The largest absolute Gasteiger partial charge is 0.326 e. The van der Waals surface area contributed by atoms with Crippen LogP contribution in [-0.2, 0) is 0 Å². The maximum Gasteiger partial charge on any atom is 0.0235 e. The maximum absolute atomic E-state index is 6.43. The Kier molecular flexibility index (Phi) is 4.19. The van der Waals surface area contributed by atoms with Crippen molar-refractivity contribution in [3.63, 3.8) is 0 Å². The zero-order chi connectivity index (χ0) is 11.5. The molecule has 2 heterocycles. The van der Waals surface area contributed by atoms with E-state index in [1.54, 1.807) is 0 Å². The van der Waals surface area contributed by atoms with Gasteiger partial charge in [-0.15, -0.1) is 0 Å². The molecule has 0 aromatic rings. The summed E-state index contributed by atoms with van der Waals surface area (Å²) in [6.45, 7) is 9.22. The molecule has 4 nitrogen and oxygen atoms in total. The van der Waals surface area contributed by atoms with Crippen molar-refractivity contribution in [2.24, 2.45) is 11.7 Å². The Balaban J connectivity index is 1.85. The van der Waals surface area contributed by atoms with Gasteiger partial charge >= 0.3 is 0 Å². The monoisotopic (exact) mass is 226 g/mol. The lowest BCUT2D eigenvalue weighted by Crippen LogP contribution is -2.55. The molecule has 2 aliphatic rings. The van der Waals surface area contributed by atoms with Crippen molar-refractivity contribution in [1.29, 1.82) is 0 Å². The predicted molar refractivity (Wildman–Crippen MR) is 67.5 cm³/mol. The molecule has 4 heteroatoms. The molecule has 2 rings (SSSR count). The van der Waals surface area contributed by atoms with Crippen LogP contribution in [0.15, 0.2) is 0 Å². The Morgan fingerprint density at radius 1 is 1.25 bits per heavy atom. The standard InChI is InChI=1S/C12H26N4/c1-10(16-7-4-14-5-8-16)12(13)11-3-6-15(2)9-11/h10-12,14H,3-9,13H2,1-2H3. The van der Waals surface area contributed by atoms with Crippen LogP contribution < -0.4 is 11.1 Å². The minimum Gasteiger partial charge on any atom is -0.326 e. The zero-order valence-corrected chi connectivity index (χ0v) is 10.7. The van der Waals surface area contributed by atoms with E-state index in [1.165, 1.54) is 19.5 Å². The van der Waals surface area contributed by atoms with E-state index in [0.717, 1.165) is 26.2 Å². The lowest BCUT2D eigenvalue weighted by Gasteiger charge is -2.38. The van der Waals surface area contributed by atoms with Crippen molar-refractivity contribution in [3.8, 4) is 0 Å². The first-order valence-corrected chi connectivity index (χ1v) is 6.57. The fourth-order valence-electron chi connectivity index (χ4n) is 3.01. The molecule has 3 N–H and O–H groups in total. The topological polar surface area (TPSA) is 44.5 Å². The molecule has 2 saturated heterocycles. The van der Waals surface area contributed by atoms with Crippen molar-refractivity contribution >= 4 is 0 Å². The van der Waals surface area contributed by atoms with Gasteiger partial charge in [0.2, 0.25) is 0 Å². The second-order valence-corrected chi connectivity index (χ2v) is 5.41. The molecule has 2 fully saturated rings. The van der Waals surface area contributed by atoms with Crippen molar-refractivity contribution < 1.29 is 0 Å². The Morgan fingerprint density at radius 3 is 2.50 bits per heavy atom. The number of nitrogens with zero attached hydrogens (tertiary/aromatic N) is 2. The van der Waals surface area contributed by atoms with E-state index in [4.69, 9.17) is 5.73 Å². The zero-order valence-electron chi connectivity index (χ0n) is 10.7. The first kappa shape index (κ1) is 12.3. The Morgan fingerprint density at radius 2 is 1.94 bits per heavy atom. The first-order chi connectivity index (χ1) is 7.68. The number of rotatable bonds is 3. The number of nitrogens with two attached hydrogens (primary N) is 1. The van der Waals surface area contributed by atoms with Crippen LogP contribution in [0.2, 0.25) is 0 Å². The molecule has 0 radical (unpaired) electrons. The van der Waals surface area contributed by atoms with Gasteiger partial charge in [-0.05, 0) is 32.9 Å². The highest BCUT2D eigenvalue weighted by molar-refractivity contribution is 4.90. The molecule has 94 valence electrons. The molecule has 0 spiro atoms.